The summed E-state index contributed by atoms with van der Waals surface area (Å²) in [6.45, 7) is 3.52. The predicted molar refractivity (Wildman–Crippen MR) is 97.9 cm³/mol. The van der Waals surface area contributed by atoms with Crippen molar-refractivity contribution in [2.75, 3.05) is 18.0 Å². The summed E-state index contributed by atoms with van der Waals surface area (Å²) in [5, 5.41) is 17.8. The topological polar surface area (TPSA) is 77.2 Å². The van der Waals surface area contributed by atoms with Gasteiger partial charge in [-0.25, -0.2) is 0 Å². The van der Waals surface area contributed by atoms with Crippen molar-refractivity contribution in [2.45, 2.75) is 25.9 Å². The molecular formula is C16H16BrN5O2S. The zero-order valence-electron chi connectivity index (χ0n) is 13.6. The molecule has 0 amide bonds. The van der Waals surface area contributed by atoms with Gasteiger partial charge in [0.05, 0.1) is 4.47 Å². The second-order valence-electron chi connectivity index (χ2n) is 5.75. The standard InChI is InChI=1S/C16H16BrN5O2S/c1-10-18-19-14(23-10)15-20-21-16(25-15)22-8-6-11(7-9-22)24-13-5-3-2-4-12(13)17/h2-5,11H,6-9H2,1H3. The molecule has 1 fully saturated rings. The molecule has 1 aromatic carbocycles. The van der Waals surface area contributed by atoms with E-state index in [1.54, 1.807) is 6.92 Å². The van der Waals surface area contributed by atoms with Gasteiger partial charge >= 0.3 is 0 Å². The van der Waals surface area contributed by atoms with Crippen LogP contribution in [0.4, 0.5) is 5.13 Å². The fraction of sp³-hybridized carbons (Fsp3) is 0.375. The molecule has 9 heteroatoms. The number of aromatic nitrogens is 4. The first kappa shape index (κ1) is 16.5. The van der Waals surface area contributed by atoms with Gasteiger partial charge in [-0.05, 0) is 28.1 Å². The van der Waals surface area contributed by atoms with Gasteiger partial charge in [0.2, 0.25) is 16.0 Å². The molecule has 0 bridgehead atoms. The Morgan fingerprint density at radius 3 is 2.68 bits per heavy atom. The number of ether oxygens (including phenoxy) is 1. The molecule has 1 aliphatic heterocycles. The number of aryl methyl sites for hydroxylation is 1. The van der Waals surface area contributed by atoms with Gasteiger partial charge in [0.25, 0.3) is 5.89 Å². The van der Waals surface area contributed by atoms with E-state index in [4.69, 9.17) is 9.15 Å². The maximum absolute atomic E-state index is 6.11. The monoisotopic (exact) mass is 421 g/mol. The minimum Gasteiger partial charge on any atom is -0.489 e. The Hall–Kier alpha value is -2.00. The normalized spacial score (nSPS) is 15.5. The van der Waals surface area contributed by atoms with Crippen LogP contribution in [0, 0.1) is 6.92 Å². The van der Waals surface area contributed by atoms with E-state index in [0.29, 0.717) is 16.8 Å². The van der Waals surface area contributed by atoms with Crippen LogP contribution < -0.4 is 9.64 Å². The first-order valence-corrected chi connectivity index (χ1v) is 9.60. The van der Waals surface area contributed by atoms with E-state index in [-0.39, 0.29) is 6.10 Å². The van der Waals surface area contributed by atoms with Gasteiger partial charge in [0, 0.05) is 32.9 Å². The van der Waals surface area contributed by atoms with Crippen molar-refractivity contribution in [1.29, 1.82) is 0 Å². The molecule has 0 aliphatic carbocycles. The Morgan fingerprint density at radius 1 is 1.16 bits per heavy atom. The number of para-hydroxylation sites is 1. The van der Waals surface area contributed by atoms with Gasteiger partial charge < -0.3 is 14.1 Å². The van der Waals surface area contributed by atoms with Gasteiger partial charge in [0.1, 0.15) is 11.9 Å². The van der Waals surface area contributed by atoms with E-state index < -0.39 is 0 Å². The summed E-state index contributed by atoms with van der Waals surface area (Å²) < 4.78 is 12.5. The van der Waals surface area contributed by atoms with Crippen LogP contribution in [-0.4, -0.2) is 39.6 Å². The predicted octanol–water partition coefficient (Wildman–Crippen LogP) is 3.71. The second kappa shape index (κ2) is 7.09. The second-order valence-corrected chi connectivity index (χ2v) is 7.56. The molecule has 0 saturated carbocycles. The summed E-state index contributed by atoms with van der Waals surface area (Å²) >= 11 is 5.00. The molecule has 3 heterocycles. The molecule has 3 aromatic rings. The smallest absolute Gasteiger partial charge is 0.278 e. The number of hydrogen-bond acceptors (Lipinski definition) is 8. The van der Waals surface area contributed by atoms with Crippen LogP contribution in [0.2, 0.25) is 0 Å². The number of anilines is 1. The van der Waals surface area contributed by atoms with Crippen molar-refractivity contribution in [3.05, 3.63) is 34.6 Å². The number of hydrogen-bond donors (Lipinski definition) is 0. The lowest BCUT2D eigenvalue weighted by atomic mass is 10.1. The molecule has 1 aliphatic rings. The zero-order chi connectivity index (χ0) is 17.2. The Labute approximate surface area is 157 Å². The van der Waals surface area contributed by atoms with Crippen LogP contribution >= 0.6 is 27.3 Å². The lowest BCUT2D eigenvalue weighted by Crippen LogP contribution is -2.38. The van der Waals surface area contributed by atoms with Gasteiger partial charge in [-0.3, -0.25) is 0 Å². The summed E-state index contributed by atoms with van der Waals surface area (Å²) in [4.78, 5) is 2.23. The highest BCUT2D eigenvalue weighted by atomic mass is 79.9. The van der Waals surface area contributed by atoms with E-state index in [1.165, 1.54) is 11.3 Å². The minimum atomic E-state index is 0.209. The van der Waals surface area contributed by atoms with E-state index in [2.05, 4.69) is 41.2 Å². The van der Waals surface area contributed by atoms with Gasteiger partial charge in [-0.15, -0.1) is 20.4 Å². The zero-order valence-corrected chi connectivity index (χ0v) is 16.0. The largest absolute Gasteiger partial charge is 0.489 e. The van der Waals surface area contributed by atoms with Crippen LogP contribution in [0.25, 0.3) is 10.9 Å². The van der Waals surface area contributed by atoms with Crippen LogP contribution in [0.1, 0.15) is 18.7 Å². The number of rotatable bonds is 4. The first-order valence-electron chi connectivity index (χ1n) is 7.99. The highest BCUT2D eigenvalue weighted by Crippen LogP contribution is 2.31. The number of piperidine rings is 1. The third-order valence-electron chi connectivity index (χ3n) is 3.97. The molecule has 25 heavy (non-hydrogen) atoms. The Balaban J connectivity index is 1.37. The molecule has 0 atom stereocenters. The fourth-order valence-corrected chi connectivity index (χ4v) is 3.89. The van der Waals surface area contributed by atoms with Crippen LogP contribution in [0.3, 0.4) is 0 Å². The highest BCUT2D eigenvalue weighted by Gasteiger charge is 2.24. The molecule has 7 nitrogen and oxygen atoms in total. The summed E-state index contributed by atoms with van der Waals surface area (Å²) in [7, 11) is 0. The molecule has 1 saturated heterocycles. The Morgan fingerprint density at radius 2 is 1.96 bits per heavy atom. The Bertz CT molecular complexity index is 860. The molecule has 0 N–H and O–H groups in total. The van der Waals surface area contributed by atoms with Crippen molar-refractivity contribution in [1.82, 2.24) is 20.4 Å². The van der Waals surface area contributed by atoms with Crippen LogP contribution in [-0.2, 0) is 0 Å². The summed E-state index contributed by atoms with van der Waals surface area (Å²) in [6, 6.07) is 7.95. The van der Waals surface area contributed by atoms with E-state index >= 15 is 0 Å². The van der Waals surface area contributed by atoms with Crippen LogP contribution in [0.15, 0.2) is 33.2 Å². The van der Waals surface area contributed by atoms with Gasteiger partial charge in [0.15, 0.2) is 0 Å². The quantitative estimate of drug-likeness (QED) is 0.635. The van der Waals surface area contributed by atoms with Crippen molar-refractivity contribution < 1.29 is 9.15 Å². The van der Waals surface area contributed by atoms with Crippen LogP contribution in [0.5, 0.6) is 5.75 Å². The molecule has 130 valence electrons. The highest BCUT2D eigenvalue weighted by molar-refractivity contribution is 9.10. The van der Waals surface area contributed by atoms with Gasteiger partial charge in [-0.1, -0.05) is 23.5 Å². The fourth-order valence-electron chi connectivity index (χ4n) is 2.70. The van der Waals surface area contributed by atoms with E-state index in [1.807, 2.05) is 24.3 Å². The third-order valence-corrected chi connectivity index (χ3v) is 5.59. The SMILES string of the molecule is Cc1nnc(-c2nnc(N3CCC(Oc4ccccc4Br)CC3)s2)o1. The van der Waals surface area contributed by atoms with E-state index in [9.17, 15) is 0 Å². The average Bonchev–Trinajstić information content (AvgIpc) is 3.27. The maximum Gasteiger partial charge on any atom is 0.278 e. The number of benzene rings is 1. The van der Waals surface area contributed by atoms with Gasteiger partial charge in [-0.2, -0.15) is 0 Å². The molecule has 0 spiro atoms. The van der Waals surface area contributed by atoms with E-state index in [0.717, 1.165) is 41.3 Å². The van der Waals surface area contributed by atoms with Crippen molar-refractivity contribution in [3.63, 3.8) is 0 Å². The number of halogens is 1. The number of nitrogens with zero attached hydrogens (tertiary/aromatic N) is 5. The third kappa shape index (κ3) is 3.67. The maximum atomic E-state index is 6.11. The summed E-state index contributed by atoms with van der Waals surface area (Å²) in [5.74, 6) is 1.84. The Kier molecular flexibility index (Phi) is 4.67. The summed E-state index contributed by atoms with van der Waals surface area (Å²) in [5.41, 5.74) is 0. The molecule has 0 radical (unpaired) electrons. The van der Waals surface area contributed by atoms with Crippen molar-refractivity contribution in [2.24, 2.45) is 0 Å². The molecular weight excluding hydrogens is 406 g/mol. The minimum absolute atomic E-state index is 0.209. The average molecular weight is 422 g/mol. The molecule has 0 unspecified atom stereocenters. The molecule has 4 rings (SSSR count). The van der Waals surface area contributed by atoms with Crippen molar-refractivity contribution >= 4 is 32.4 Å². The molecule has 2 aromatic heterocycles. The lowest BCUT2D eigenvalue weighted by molar-refractivity contribution is 0.170. The van der Waals surface area contributed by atoms with Crippen molar-refractivity contribution in [3.8, 4) is 16.6 Å². The first-order chi connectivity index (χ1) is 12.2. The summed E-state index contributed by atoms with van der Waals surface area (Å²) in [6.07, 6.45) is 2.09. The lowest BCUT2D eigenvalue weighted by Gasteiger charge is -2.31.